The van der Waals surface area contributed by atoms with E-state index in [-0.39, 0.29) is 12.5 Å². The zero-order valence-electron chi connectivity index (χ0n) is 12.4. The van der Waals surface area contributed by atoms with E-state index in [9.17, 15) is 9.59 Å². The Balaban J connectivity index is 2.22. The van der Waals surface area contributed by atoms with E-state index in [0.717, 1.165) is 12.0 Å². The smallest absolute Gasteiger partial charge is 0.408 e. The van der Waals surface area contributed by atoms with Crippen molar-refractivity contribution < 1.29 is 19.1 Å². The highest BCUT2D eigenvalue weighted by molar-refractivity contribution is 5.85. The number of alkyl carbamates (subject to hydrolysis) is 1. The van der Waals surface area contributed by atoms with Crippen LogP contribution in [-0.2, 0) is 20.9 Å². The van der Waals surface area contributed by atoms with Gasteiger partial charge in [0.25, 0.3) is 0 Å². The number of carbonyl (C=O) groups excluding carboxylic acids is 2. The van der Waals surface area contributed by atoms with Crippen molar-refractivity contribution >= 4 is 12.0 Å². The summed E-state index contributed by atoms with van der Waals surface area (Å²) in [5.41, 5.74) is 0.893. The van der Waals surface area contributed by atoms with E-state index in [1.54, 1.807) is 14.0 Å². The van der Waals surface area contributed by atoms with Crippen LogP contribution >= 0.6 is 0 Å². The van der Waals surface area contributed by atoms with Gasteiger partial charge in [0.15, 0.2) is 0 Å². The summed E-state index contributed by atoms with van der Waals surface area (Å²) in [6.45, 7) is 2.88. The van der Waals surface area contributed by atoms with Crippen molar-refractivity contribution in [2.24, 2.45) is 0 Å². The Bertz CT molecular complexity index is 437. The Hall–Kier alpha value is -2.08. The molecule has 0 aliphatic heterocycles. The zero-order valence-corrected chi connectivity index (χ0v) is 12.4. The first-order valence-corrected chi connectivity index (χ1v) is 6.87. The Morgan fingerprint density at radius 3 is 2.62 bits per heavy atom. The minimum atomic E-state index is -0.643. The van der Waals surface area contributed by atoms with Gasteiger partial charge in [0.05, 0.1) is 0 Å². The molecule has 1 aromatic carbocycles. The minimum absolute atomic E-state index is 0.175. The van der Waals surface area contributed by atoms with Gasteiger partial charge in [-0.05, 0) is 18.9 Å². The van der Waals surface area contributed by atoms with Gasteiger partial charge in [-0.15, -0.1) is 0 Å². The highest BCUT2D eigenvalue weighted by Gasteiger charge is 2.15. The third kappa shape index (κ3) is 7.31. The third-order valence-electron chi connectivity index (χ3n) is 2.76. The van der Waals surface area contributed by atoms with Crippen LogP contribution in [-0.4, -0.2) is 38.3 Å². The summed E-state index contributed by atoms with van der Waals surface area (Å²) in [7, 11) is 1.61. The average Bonchev–Trinajstić information content (AvgIpc) is 2.50. The molecule has 0 saturated carbocycles. The molecule has 1 aromatic rings. The predicted molar refractivity (Wildman–Crippen MR) is 78.7 cm³/mol. The second kappa shape index (κ2) is 9.77. The van der Waals surface area contributed by atoms with Crippen molar-refractivity contribution in [3.05, 3.63) is 35.9 Å². The topological polar surface area (TPSA) is 76.7 Å². The van der Waals surface area contributed by atoms with E-state index in [2.05, 4.69) is 10.6 Å². The molecule has 1 atom stereocenters. The van der Waals surface area contributed by atoms with Gasteiger partial charge in [0, 0.05) is 20.3 Å². The van der Waals surface area contributed by atoms with Crippen molar-refractivity contribution in [1.29, 1.82) is 0 Å². The maximum Gasteiger partial charge on any atom is 0.408 e. The highest BCUT2D eigenvalue weighted by atomic mass is 16.5. The van der Waals surface area contributed by atoms with Crippen LogP contribution in [0.1, 0.15) is 18.9 Å². The Morgan fingerprint density at radius 1 is 1.24 bits per heavy atom. The van der Waals surface area contributed by atoms with Crippen LogP contribution in [0.5, 0.6) is 0 Å². The second-order valence-electron chi connectivity index (χ2n) is 4.57. The molecule has 0 aromatic heterocycles. The van der Waals surface area contributed by atoms with E-state index < -0.39 is 12.1 Å². The molecule has 2 amide bonds. The lowest BCUT2D eigenvalue weighted by molar-refractivity contribution is -0.122. The summed E-state index contributed by atoms with van der Waals surface area (Å²) in [5, 5.41) is 5.19. The van der Waals surface area contributed by atoms with Gasteiger partial charge in [-0.25, -0.2) is 4.79 Å². The molecule has 116 valence electrons. The number of rotatable bonds is 8. The molecule has 0 aliphatic rings. The first-order valence-electron chi connectivity index (χ1n) is 6.87. The average molecular weight is 294 g/mol. The van der Waals surface area contributed by atoms with Crippen LogP contribution in [0.15, 0.2) is 30.3 Å². The summed E-state index contributed by atoms with van der Waals surface area (Å²) in [6, 6.07) is 8.70. The molecule has 6 nitrogen and oxygen atoms in total. The minimum Gasteiger partial charge on any atom is -0.445 e. The molecule has 6 heteroatoms. The van der Waals surface area contributed by atoms with Crippen molar-refractivity contribution in [3.8, 4) is 0 Å². The molecule has 0 radical (unpaired) electrons. The molecule has 0 unspecified atom stereocenters. The number of carbonyl (C=O) groups is 2. The van der Waals surface area contributed by atoms with Crippen molar-refractivity contribution in [2.45, 2.75) is 26.0 Å². The summed E-state index contributed by atoms with van der Waals surface area (Å²) in [4.78, 5) is 23.3. The van der Waals surface area contributed by atoms with Crippen LogP contribution in [0.25, 0.3) is 0 Å². The monoisotopic (exact) mass is 294 g/mol. The molecule has 2 N–H and O–H groups in total. The Labute approximate surface area is 124 Å². The number of hydrogen-bond acceptors (Lipinski definition) is 4. The number of hydrogen-bond donors (Lipinski definition) is 2. The van der Waals surface area contributed by atoms with Gasteiger partial charge in [0.2, 0.25) is 5.91 Å². The first-order chi connectivity index (χ1) is 10.1. The number of benzene rings is 1. The van der Waals surface area contributed by atoms with E-state index in [1.807, 2.05) is 30.3 Å². The lowest BCUT2D eigenvalue weighted by Gasteiger charge is -2.14. The van der Waals surface area contributed by atoms with E-state index in [4.69, 9.17) is 9.47 Å². The summed E-state index contributed by atoms with van der Waals surface area (Å²) < 4.78 is 9.92. The van der Waals surface area contributed by atoms with Gasteiger partial charge in [-0.1, -0.05) is 30.3 Å². The standard InChI is InChI=1S/C15H22N2O4/c1-12(14(18)16-9-6-10-20-2)17-15(19)21-11-13-7-4-3-5-8-13/h3-5,7-8,12H,6,9-11H2,1-2H3,(H,16,18)(H,17,19)/t12-/m0/s1. The summed E-state index contributed by atoms with van der Waals surface area (Å²) in [5.74, 6) is -0.247. The Kier molecular flexibility index (Phi) is 7.89. The molecule has 21 heavy (non-hydrogen) atoms. The third-order valence-corrected chi connectivity index (χ3v) is 2.76. The SMILES string of the molecule is COCCCNC(=O)[C@H](C)NC(=O)OCc1ccccc1. The molecule has 0 saturated heterocycles. The molecule has 0 bridgehead atoms. The van der Waals surface area contributed by atoms with Gasteiger partial charge in [-0.3, -0.25) is 4.79 Å². The number of ether oxygens (including phenoxy) is 2. The van der Waals surface area contributed by atoms with Crippen LogP contribution in [0.4, 0.5) is 4.79 Å². The molecule has 0 spiro atoms. The van der Waals surface area contributed by atoms with Gasteiger partial charge in [0.1, 0.15) is 12.6 Å². The maximum absolute atomic E-state index is 11.7. The number of methoxy groups -OCH3 is 1. The van der Waals surface area contributed by atoms with Gasteiger partial charge >= 0.3 is 6.09 Å². The number of nitrogens with one attached hydrogen (secondary N) is 2. The lowest BCUT2D eigenvalue weighted by atomic mass is 10.2. The largest absolute Gasteiger partial charge is 0.445 e. The van der Waals surface area contributed by atoms with Crippen LogP contribution < -0.4 is 10.6 Å². The molecule has 1 rings (SSSR count). The van der Waals surface area contributed by atoms with Gasteiger partial charge in [-0.2, -0.15) is 0 Å². The van der Waals surface area contributed by atoms with E-state index >= 15 is 0 Å². The quantitative estimate of drug-likeness (QED) is 0.712. The van der Waals surface area contributed by atoms with Crippen molar-refractivity contribution in [1.82, 2.24) is 10.6 Å². The summed E-state index contributed by atoms with van der Waals surface area (Å²) in [6.07, 6.45) is 0.117. The normalized spacial score (nSPS) is 11.5. The van der Waals surface area contributed by atoms with Crippen molar-refractivity contribution in [3.63, 3.8) is 0 Å². The highest BCUT2D eigenvalue weighted by Crippen LogP contribution is 2.00. The Morgan fingerprint density at radius 2 is 1.95 bits per heavy atom. The van der Waals surface area contributed by atoms with Crippen LogP contribution in [0.2, 0.25) is 0 Å². The van der Waals surface area contributed by atoms with E-state index in [0.29, 0.717) is 13.2 Å². The van der Waals surface area contributed by atoms with Crippen LogP contribution in [0, 0.1) is 0 Å². The fourth-order valence-corrected chi connectivity index (χ4v) is 1.59. The second-order valence-corrected chi connectivity index (χ2v) is 4.57. The van der Waals surface area contributed by atoms with E-state index in [1.165, 1.54) is 0 Å². The molecule has 0 fully saturated rings. The van der Waals surface area contributed by atoms with Gasteiger partial charge < -0.3 is 20.1 Å². The maximum atomic E-state index is 11.7. The van der Waals surface area contributed by atoms with Crippen molar-refractivity contribution in [2.75, 3.05) is 20.3 Å². The lowest BCUT2D eigenvalue weighted by Crippen LogP contribution is -2.45. The molecular weight excluding hydrogens is 272 g/mol. The fourth-order valence-electron chi connectivity index (χ4n) is 1.59. The van der Waals surface area contributed by atoms with Crippen LogP contribution in [0.3, 0.4) is 0 Å². The summed E-state index contributed by atoms with van der Waals surface area (Å²) >= 11 is 0. The molecule has 0 aliphatic carbocycles. The zero-order chi connectivity index (χ0) is 15.5. The number of amides is 2. The first kappa shape index (κ1) is 17.0. The molecular formula is C15H22N2O4. The predicted octanol–water partition coefficient (Wildman–Crippen LogP) is 1.45. The molecule has 0 heterocycles. The fraction of sp³-hybridized carbons (Fsp3) is 0.467.